The van der Waals surface area contributed by atoms with Crippen LogP contribution in [0.2, 0.25) is 0 Å². The summed E-state index contributed by atoms with van der Waals surface area (Å²) >= 11 is -0.826. The molecule has 0 amide bonds. The second-order valence-corrected chi connectivity index (χ2v) is 6.58. The fourth-order valence-electron chi connectivity index (χ4n) is 1.34. The molecule has 0 N–H and O–H groups in total. The molecule has 0 nitrogen and oxygen atoms in total. The average molecular weight is 297 g/mol. The van der Waals surface area contributed by atoms with E-state index in [2.05, 4.69) is 32.9 Å². The molecule has 1 radical (unpaired) electrons. The van der Waals surface area contributed by atoms with Crippen molar-refractivity contribution in [3.8, 4) is 0 Å². The van der Waals surface area contributed by atoms with Crippen LogP contribution in [-0.2, 0) is 20.8 Å². The predicted molar refractivity (Wildman–Crippen MR) is 57.4 cm³/mol. The molecule has 3 heteroatoms. The minimum absolute atomic E-state index is 0.826. The van der Waals surface area contributed by atoms with Crippen molar-refractivity contribution in [2.24, 2.45) is 0 Å². The quantitative estimate of drug-likeness (QED) is 0.696. The third kappa shape index (κ3) is 5.40. The van der Waals surface area contributed by atoms with Crippen molar-refractivity contribution in [1.82, 2.24) is 0 Å². The van der Waals surface area contributed by atoms with Crippen molar-refractivity contribution in [2.75, 3.05) is 0 Å². The Bertz CT molecular complexity index is 197. The van der Waals surface area contributed by atoms with Gasteiger partial charge < -0.3 is 0 Å². The first-order valence-corrected chi connectivity index (χ1v) is 10.7. The fourth-order valence-corrected chi connectivity index (χ4v) is 1.34. The van der Waals surface area contributed by atoms with Crippen LogP contribution in [-0.4, -0.2) is 0 Å². The maximum atomic E-state index is 4.93. The first-order chi connectivity index (χ1) is 6.19. The van der Waals surface area contributed by atoms with Gasteiger partial charge in [0.25, 0.3) is 0 Å². The molecule has 0 spiro atoms. The van der Waals surface area contributed by atoms with Crippen LogP contribution in [0, 0.1) is 5.92 Å². The summed E-state index contributed by atoms with van der Waals surface area (Å²) in [6.07, 6.45) is 6.95. The number of hydrogen-bond donors (Lipinski definition) is 0. The standard InChI is InChI=1S/C10H15.2ClH.Zr/c1-4-9-6-8(3)10(5-2)7-9;;;/h6-7H,4-5H2,1-3H3;2*1H;/q;;;+2/p-2. The zero-order valence-corrected chi connectivity index (χ0v) is 12.3. The maximum absolute atomic E-state index is 4.93. The van der Waals surface area contributed by atoms with Crippen LogP contribution >= 0.6 is 17.0 Å². The minimum atomic E-state index is -0.826. The molecule has 1 aliphatic carbocycles. The Balaban J connectivity index is 0.000000424. The normalized spacial score (nSPS) is 15.8. The summed E-state index contributed by atoms with van der Waals surface area (Å²) in [5.41, 5.74) is 2.99. The molecule has 0 saturated heterocycles. The summed E-state index contributed by atoms with van der Waals surface area (Å²) in [7, 11) is 9.87. The van der Waals surface area contributed by atoms with Crippen LogP contribution in [0.3, 0.4) is 0 Å². The summed E-state index contributed by atoms with van der Waals surface area (Å²) < 4.78 is 0. The molecule has 0 heterocycles. The predicted octanol–water partition coefficient (Wildman–Crippen LogP) is 4.64. The molecule has 0 bridgehead atoms. The molecule has 1 aliphatic rings. The van der Waals surface area contributed by atoms with Gasteiger partial charge >= 0.3 is 37.9 Å². The molecule has 0 fully saturated rings. The molecule has 1 rings (SSSR count). The van der Waals surface area contributed by atoms with E-state index < -0.39 is 20.8 Å². The Morgan fingerprint density at radius 1 is 1.15 bits per heavy atom. The van der Waals surface area contributed by atoms with Gasteiger partial charge in [0.2, 0.25) is 0 Å². The van der Waals surface area contributed by atoms with Gasteiger partial charge in [-0.1, -0.05) is 44.1 Å². The molecule has 0 aromatic carbocycles. The van der Waals surface area contributed by atoms with Gasteiger partial charge in [0, 0.05) is 5.92 Å². The van der Waals surface area contributed by atoms with Crippen molar-refractivity contribution < 1.29 is 20.8 Å². The molecule has 0 saturated carbocycles. The van der Waals surface area contributed by atoms with Crippen LogP contribution in [0.5, 0.6) is 0 Å². The van der Waals surface area contributed by atoms with Crippen molar-refractivity contribution in [1.29, 1.82) is 0 Å². The summed E-state index contributed by atoms with van der Waals surface area (Å²) in [5, 5.41) is 0. The van der Waals surface area contributed by atoms with E-state index in [1.54, 1.807) is 0 Å². The molecule has 13 heavy (non-hydrogen) atoms. The zero-order valence-electron chi connectivity index (χ0n) is 8.32. The SMILES string of the molecule is CCC1=C[C](C)C(CC)=C1.[Cl][Zr][Cl]. The summed E-state index contributed by atoms with van der Waals surface area (Å²) in [4.78, 5) is 0. The molecule has 0 aromatic rings. The van der Waals surface area contributed by atoms with E-state index in [1.165, 1.54) is 29.9 Å². The molecular weight excluding hydrogens is 282 g/mol. The summed E-state index contributed by atoms with van der Waals surface area (Å²) in [6, 6.07) is 0. The molecule has 0 aromatic heterocycles. The van der Waals surface area contributed by atoms with Crippen LogP contribution in [0.4, 0.5) is 0 Å². The van der Waals surface area contributed by atoms with Crippen molar-refractivity contribution in [2.45, 2.75) is 33.6 Å². The van der Waals surface area contributed by atoms with Gasteiger partial charge in [-0.25, -0.2) is 0 Å². The monoisotopic (exact) mass is 295 g/mol. The van der Waals surface area contributed by atoms with Crippen molar-refractivity contribution in [3.63, 3.8) is 0 Å². The van der Waals surface area contributed by atoms with Crippen LogP contribution < -0.4 is 0 Å². The third-order valence-corrected chi connectivity index (χ3v) is 2.06. The zero-order chi connectivity index (χ0) is 10.3. The summed E-state index contributed by atoms with van der Waals surface area (Å²) in [6.45, 7) is 6.61. The number of hydrogen-bond acceptors (Lipinski definition) is 0. The molecular formula is C10H15Cl2Zr. The Labute approximate surface area is 100 Å². The Morgan fingerprint density at radius 3 is 1.92 bits per heavy atom. The van der Waals surface area contributed by atoms with E-state index in [4.69, 9.17) is 17.0 Å². The van der Waals surface area contributed by atoms with Gasteiger partial charge in [0.05, 0.1) is 0 Å². The number of rotatable bonds is 2. The second-order valence-electron chi connectivity index (χ2n) is 2.85. The van der Waals surface area contributed by atoms with Gasteiger partial charge in [0.15, 0.2) is 0 Å². The van der Waals surface area contributed by atoms with E-state index in [0.29, 0.717) is 0 Å². The fraction of sp³-hybridized carbons (Fsp3) is 0.500. The van der Waals surface area contributed by atoms with Crippen molar-refractivity contribution >= 4 is 17.0 Å². The van der Waals surface area contributed by atoms with E-state index >= 15 is 0 Å². The first-order valence-electron chi connectivity index (χ1n) is 4.40. The van der Waals surface area contributed by atoms with E-state index in [9.17, 15) is 0 Å². The molecule has 0 aliphatic heterocycles. The summed E-state index contributed by atoms with van der Waals surface area (Å²) in [5.74, 6) is 1.46. The van der Waals surface area contributed by atoms with E-state index in [0.717, 1.165) is 0 Å². The Kier molecular flexibility index (Phi) is 8.87. The van der Waals surface area contributed by atoms with Gasteiger partial charge in [-0.05, 0) is 12.8 Å². The van der Waals surface area contributed by atoms with Gasteiger partial charge in [-0.3, -0.25) is 0 Å². The van der Waals surface area contributed by atoms with Gasteiger partial charge in [0.1, 0.15) is 0 Å². The van der Waals surface area contributed by atoms with Gasteiger partial charge in [-0.2, -0.15) is 0 Å². The molecule has 73 valence electrons. The number of allylic oxidation sites excluding steroid dienone is 4. The van der Waals surface area contributed by atoms with E-state index in [-0.39, 0.29) is 0 Å². The van der Waals surface area contributed by atoms with Crippen molar-refractivity contribution in [3.05, 3.63) is 29.2 Å². The average Bonchev–Trinajstić information content (AvgIpc) is 2.47. The van der Waals surface area contributed by atoms with Crippen LogP contribution in [0.1, 0.15) is 33.6 Å². The molecule has 0 atom stereocenters. The van der Waals surface area contributed by atoms with Gasteiger partial charge in [-0.15, -0.1) is 0 Å². The first kappa shape index (κ1) is 13.9. The third-order valence-electron chi connectivity index (χ3n) is 2.06. The second kappa shape index (κ2) is 8.27. The molecule has 0 unspecified atom stereocenters. The number of halogens is 2. The van der Waals surface area contributed by atoms with E-state index in [1.807, 2.05) is 0 Å². The Hall–Kier alpha value is 0.943. The van der Waals surface area contributed by atoms with Crippen LogP contribution in [0.25, 0.3) is 0 Å². The topological polar surface area (TPSA) is 0 Å². The van der Waals surface area contributed by atoms with Crippen LogP contribution in [0.15, 0.2) is 23.3 Å². The Morgan fingerprint density at radius 2 is 1.69 bits per heavy atom.